The summed E-state index contributed by atoms with van der Waals surface area (Å²) in [6.07, 6.45) is -3.42. The normalized spacial score (nSPS) is 23.9. The van der Waals surface area contributed by atoms with Crippen LogP contribution in [0.5, 0.6) is 0 Å². The second kappa shape index (κ2) is 9.90. The molecule has 0 saturated carbocycles. The van der Waals surface area contributed by atoms with Gasteiger partial charge in [0.25, 0.3) is 0 Å². The number of rotatable bonds is 7. The summed E-state index contributed by atoms with van der Waals surface area (Å²) in [7, 11) is 0. The Morgan fingerprint density at radius 2 is 1.80 bits per heavy atom. The predicted molar refractivity (Wildman–Crippen MR) is 112 cm³/mol. The van der Waals surface area contributed by atoms with Gasteiger partial charge in [0.15, 0.2) is 24.3 Å². The van der Waals surface area contributed by atoms with E-state index in [-0.39, 0.29) is 12.4 Å². The van der Waals surface area contributed by atoms with E-state index in [0.29, 0.717) is 5.56 Å². The van der Waals surface area contributed by atoms with Crippen LogP contribution in [0.1, 0.15) is 23.5 Å². The highest BCUT2D eigenvalue weighted by Crippen LogP contribution is 2.35. The Morgan fingerprint density at radius 3 is 2.46 bits per heavy atom. The number of nitrogens with one attached hydrogen (secondary N) is 1. The minimum atomic E-state index is -1.26. The third-order valence-corrected chi connectivity index (χ3v) is 5.06. The Balaban J connectivity index is 1.50. The van der Waals surface area contributed by atoms with Gasteiger partial charge in [-0.3, -0.25) is 4.57 Å². The lowest BCUT2D eigenvalue weighted by atomic mass is 10.1. The molecule has 14 heteroatoms. The second-order valence-electron chi connectivity index (χ2n) is 7.58. The van der Waals surface area contributed by atoms with E-state index in [9.17, 15) is 24.0 Å². The number of benzene rings is 1. The molecule has 0 amide bonds. The lowest BCUT2D eigenvalue weighted by Crippen LogP contribution is -2.48. The highest BCUT2D eigenvalue weighted by Gasteiger charge is 2.55. The highest BCUT2D eigenvalue weighted by atomic mass is 16.7. The molecule has 2 aromatic rings. The number of hydrogen-bond donors (Lipinski definition) is 2. The molecular weight excluding hydrogens is 468 g/mol. The van der Waals surface area contributed by atoms with Crippen LogP contribution in [-0.4, -0.2) is 64.4 Å². The van der Waals surface area contributed by atoms with E-state index in [4.69, 9.17) is 29.5 Å². The minimum Gasteiger partial charge on any atom is -0.459 e. The summed E-state index contributed by atoms with van der Waals surface area (Å²) in [5.41, 5.74) is 7.01. The molecule has 0 bridgehead atoms. The zero-order chi connectivity index (χ0) is 25.1. The molecule has 3 N–H and O–H groups in total. The summed E-state index contributed by atoms with van der Waals surface area (Å²) in [5.74, 6) is -4.03. The summed E-state index contributed by atoms with van der Waals surface area (Å²) < 4.78 is 22.3. The fourth-order valence-corrected chi connectivity index (χ4v) is 3.35. The maximum absolute atomic E-state index is 12.6. The molecule has 0 aliphatic carbocycles. The number of ether oxygens (including phenoxy) is 4. The third-order valence-electron chi connectivity index (χ3n) is 5.06. The summed E-state index contributed by atoms with van der Waals surface area (Å²) in [5, 5.41) is 0. The molecule has 184 valence electrons. The quantitative estimate of drug-likeness (QED) is 0.210. The molecule has 1 aromatic carbocycles. The monoisotopic (exact) mass is 488 g/mol. The van der Waals surface area contributed by atoms with Crippen molar-refractivity contribution in [3.05, 3.63) is 58.6 Å². The van der Waals surface area contributed by atoms with Crippen molar-refractivity contribution in [2.45, 2.75) is 37.5 Å². The van der Waals surface area contributed by atoms with Crippen LogP contribution in [-0.2, 0) is 38.2 Å². The number of fused-ring (bicyclic) bond motifs is 1. The Bertz CT molecular complexity index is 1200. The van der Waals surface area contributed by atoms with E-state index in [1.54, 1.807) is 30.3 Å². The van der Waals surface area contributed by atoms with Crippen molar-refractivity contribution in [3.8, 4) is 0 Å². The van der Waals surface area contributed by atoms with Gasteiger partial charge in [-0.1, -0.05) is 18.2 Å². The molecule has 0 spiro atoms. The molecule has 5 atom stereocenters. The van der Waals surface area contributed by atoms with E-state index >= 15 is 0 Å². The van der Waals surface area contributed by atoms with Crippen molar-refractivity contribution in [2.24, 2.45) is 5.73 Å². The fourth-order valence-electron chi connectivity index (χ4n) is 3.35. The van der Waals surface area contributed by atoms with E-state index in [0.717, 1.165) is 4.57 Å². The van der Waals surface area contributed by atoms with Gasteiger partial charge in [-0.2, -0.15) is 4.98 Å². The van der Waals surface area contributed by atoms with Crippen LogP contribution in [0.4, 0.5) is 5.82 Å². The minimum absolute atomic E-state index is 0.102. The largest absolute Gasteiger partial charge is 0.459 e. The first-order chi connectivity index (χ1) is 16.7. The molecule has 1 aromatic heterocycles. The van der Waals surface area contributed by atoms with Crippen molar-refractivity contribution >= 4 is 29.7 Å². The first-order valence-electron chi connectivity index (χ1n) is 10.4. The van der Waals surface area contributed by atoms with Crippen LogP contribution in [0.2, 0.25) is 0 Å². The van der Waals surface area contributed by atoms with E-state index in [1.165, 1.54) is 19.2 Å². The van der Waals surface area contributed by atoms with Crippen LogP contribution in [0.25, 0.3) is 0 Å². The Kier molecular flexibility index (Phi) is 6.75. The Morgan fingerprint density at radius 1 is 1.11 bits per heavy atom. The zero-order valence-corrected chi connectivity index (χ0v) is 18.2. The Labute approximate surface area is 196 Å². The van der Waals surface area contributed by atoms with E-state index in [1.807, 2.05) is 0 Å². The average molecular weight is 488 g/mol. The van der Waals surface area contributed by atoms with E-state index in [2.05, 4.69) is 10.5 Å². The van der Waals surface area contributed by atoms with Crippen molar-refractivity contribution in [2.75, 3.05) is 12.1 Å². The Hall–Kier alpha value is -4.30. The van der Waals surface area contributed by atoms with Crippen molar-refractivity contribution in [3.63, 3.8) is 0 Å². The zero-order valence-electron chi connectivity index (χ0n) is 18.2. The maximum atomic E-state index is 12.6. The van der Waals surface area contributed by atoms with Gasteiger partial charge in [-0.05, 0) is 19.1 Å². The van der Waals surface area contributed by atoms with Gasteiger partial charge < -0.3 is 29.5 Å². The molecule has 3 heterocycles. The van der Waals surface area contributed by atoms with E-state index < -0.39 is 60.1 Å². The van der Waals surface area contributed by atoms with Crippen LogP contribution in [0, 0.1) is 0 Å². The number of nitrogens with two attached hydrogens (primary N) is 1. The molecule has 14 nitrogen and oxygen atoms in total. The summed E-state index contributed by atoms with van der Waals surface area (Å²) in [6.45, 7) is 1.06. The van der Waals surface area contributed by atoms with Gasteiger partial charge in [-0.15, -0.1) is 0 Å². The van der Waals surface area contributed by atoms with Crippen LogP contribution in [0.15, 0.2) is 47.4 Å². The number of hydrogen-bond acceptors (Lipinski definition) is 13. The number of nitrogens with zero attached hydrogens (tertiary/aromatic N) is 2. The number of anilines is 1. The standard InChI is InChI=1S/C21H20N4O10/c1-10(22)17(26)35-24-13-7-8-25(21(30)23-13)16-15-14(33-19(28)20(29)34-15)12(32-16)9-31-18(27)11-5-3-2-4-6-11/h2-8,10,12,14-16H,9,22H2,1H3,(H,23,24,30)/t10-,12-,14-,15-,16-/m1/s1. The number of carbonyl (C=O) groups excluding carboxylic acids is 4. The lowest BCUT2D eigenvalue weighted by molar-refractivity contribution is -0.195. The fraction of sp³-hybridized carbons (Fsp3) is 0.333. The van der Waals surface area contributed by atoms with Crippen molar-refractivity contribution in [1.29, 1.82) is 0 Å². The van der Waals surface area contributed by atoms with Gasteiger partial charge in [0, 0.05) is 12.3 Å². The average Bonchev–Trinajstić information content (AvgIpc) is 3.18. The molecule has 4 rings (SSSR count). The smallest absolute Gasteiger partial charge is 0.418 e. The van der Waals surface area contributed by atoms with Gasteiger partial charge in [0.1, 0.15) is 18.8 Å². The SMILES string of the molecule is C[C@@H](N)C(=O)ONc1ccn([C@@H]2O[C@H](COC(=O)c3ccccc3)[C@H]3OC(=O)C(=O)O[C@H]32)c(=O)n1. The molecule has 0 radical (unpaired) electrons. The van der Waals surface area contributed by atoms with Crippen LogP contribution < -0.4 is 16.9 Å². The van der Waals surface area contributed by atoms with Crippen LogP contribution >= 0.6 is 0 Å². The lowest BCUT2D eigenvalue weighted by Gasteiger charge is -2.28. The van der Waals surface area contributed by atoms with Crippen molar-refractivity contribution in [1.82, 2.24) is 9.55 Å². The molecule has 2 aliphatic heterocycles. The summed E-state index contributed by atoms with van der Waals surface area (Å²) in [4.78, 5) is 68.4. The number of aromatic nitrogens is 2. The first-order valence-corrected chi connectivity index (χ1v) is 10.4. The molecule has 2 fully saturated rings. The number of carbonyl (C=O) groups is 4. The molecule has 2 saturated heterocycles. The maximum Gasteiger partial charge on any atom is 0.418 e. The van der Waals surface area contributed by atoms with Gasteiger partial charge in [0.05, 0.1) is 5.56 Å². The summed E-state index contributed by atoms with van der Waals surface area (Å²) >= 11 is 0. The topological polar surface area (TPSA) is 187 Å². The van der Waals surface area contributed by atoms with Gasteiger partial charge in [-0.25, -0.2) is 29.5 Å². The summed E-state index contributed by atoms with van der Waals surface area (Å²) in [6, 6.07) is 8.55. The second-order valence-corrected chi connectivity index (χ2v) is 7.58. The number of esters is 3. The van der Waals surface area contributed by atoms with Crippen LogP contribution in [0.3, 0.4) is 0 Å². The molecule has 35 heavy (non-hydrogen) atoms. The van der Waals surface area contributed by atoms with Gasteiger partial charge >= 0.3 is 29.6 Å². The highest BCUT2D eigenvalue weighted by molar-refractivity contribution is 6.30. The molecular formula is C21H20N4O10. The molecule has 0 unspecified atom stereocenters. The van der Waals surface area contributed by atoms with Crippen molar-refractivity contribution < 1.29 is 43.0 Å². The predicted octanol–water partition coefficient (Wildman–Crippen LogP) is -0.948. The molecule has 2 aliphatic rings. The first kappa shape index (κ1) is 23.8. The third kappa shape index (κ3) is 5.12. The van der Waals surface area contributed by atoms with Gasteiger partial charge in [0.2, 0.25) is 0 Å².